The number of fused-ring (bicyclic) bond motifs is 2. The van der Waals surface area contributed by atoms with Crippen LogP contribution in [0.3, 0.4) is 0 Å². The molecule has 8 aromatic rings. The molecule has 0 amide bonds. The molecule has 0 radical (unpaired) electrons. The van der Waals surface area contributed by atoms with E-state index in [0.29, 0.717) is 34.5 Å². The molecule has 0 unspecified atom stereocenters. The zero-order valence-electron chi connectivity index (χ0n) is 29.7. The normalized spacial score (nSPS) is 11.1. The Morgan fingerprint density at radius 3 is 0.907 bits per heavy atom. The standard InChI is InChI=1S/C46H36O6P2/c1-47-41-31-33-19-15-17-29-39(33)43(45(41)53(49-35-21-7-3-8-22-35)50-36-23-9-4-10-24-36)44-40-30-18-16-20-34(40)32-42(48-2)46(44)54(51-37-25-11-5-12-26-37)52-38-27-13-6-14-28-38/h3-32H,1-2H3. The summed E-state index contributed by atoms with van der Waals surface area (Å²) >= 11 is 0. The van der Waals surface area contributed by atoms with Gasteiger partial charge in [0.05, 0.1) is 14.2 Å². The first kappa shape index (κ1) is 35.0. The summed E-state index contributed by atoms with van der Waals surface area (Å²) in [4.78, 5) is 0. The maximum Gasteiger partial charge on any atom is 0.330 e. The molecule has 8 rings (SSSR count). The van der Waals surface area contributed by atoms with Crippen LogP contribution in [0, 0.1) is 0 Å². The molecule has 0 saturated heterocycles. The Labute approximate surface area is 317 Å². The maximum absolute atomic E-state index is 6.89. The average molecular weight is 747 g/mol. The van der Waals surface area contributed by atoms with E-state index in [9.17, 15) is 0 Å². The molecule has 0 aliphatic carbocycles. The highest BCUT2D eigenvalue weighted by molar-refractivity contribution is 7.58. The molecule has 0 N–H and O–H groups in total. The van der Waals surface area contributed by atoms with E-state index >= 15 is 0 Å². The minimum Gasteiger partial charge on any atom is -0.496 e. The lowest BCUT2D eigenvalue weighted by atomic mass is 9.93. The van der Waals surface area contributed by atoms with Crippen LogP contribution in [0.15, 0.2) is 182 Å². The van der Waals surface area contributed by atoms with E-state index in [1.165, 1.54) is 0 Å². The van der Waals surface area contributed by atoms with Gasteiger partial charge in [0.1, 0.15) is 45.1 Å². The van der Waals surface area contributed by atoms with Gasteiger partial charge in [-0.25, -0.2) is 0 Å². The third-order valence-corrected chi connectivity index (χ3v) is 11.9. The summed E-state index contributed by atoms with van der Waals surface area (Å²) in [5.74, 6) is 3.91. The zero-order valence-corrected chi connectivity index (χ0v) is 31.5. The number of rotatable bonds is 13. The van der Waals surface area contributed by atoms with Crippen LogP contribution in [0.5, 0.6) is 34.5 Å². The van der Waals surface area contributed by atoms with Crippen molar-refractivity contribution in [3.8, 4) is 45.6 Å². The first-order valence-electron chi connectivity index (χ1n) is 17.4. The number of benzene rings is 8. The Hall–Kier alpha value is -6.06. The van der Waals surface area contributed by atoms with E-state index in [2.05, 4.69) is 36.4 Å². The quantitative estimate of drug-likeness (QED) is 0.110. The second-order valence-electron chi connectivity index (χ2n) is 12.2. The minimum absolute atomic E-state index is 0.622. The summed E-state index contributed by atoms with van der Waals surface area (Å²) in [5, 5.41) is 5.43. The van der Waals surface area contributed by atoms with Gasteiger partial charge >= 0.3 is 16.8 Å². The SMILES string of the molecule is COc1cc2ccccc2c(-c2c(P(Oc3ccccc3)Oc3ccccc3)c(OC)cc3ccccc23)c1P(Oc1ccccc1)Oc1ccccc1. The van der Waals surface area contributed by atoms with Gasteiger partial charge in [0.25, 0.3) is 0 Å². The summed E-state index contributed by atoms with van der Waals surface area (Å²) in [5.41, 5.74) is 1.74. The van der Waals surface area contributed by atoms with Crippen molar-refractivity contribution in [3.63, 3.8) is 0 Å². The maximum atomic E-state index is 6.89. The highest BCUT2D eigenvalue weighted by atomic mass is 31.2. The van der Waals surface area contributed by atoms with Gasteiger partial charge in [-0.1, -0.05) is 121 Å². The molecule has 0 heterocycles. The van der Waals surface area contributed by atoms with Crippen molar-refractivity contribution < 1.29 is 27.6 Å². The lowest BCUT2D eigenvalue weighted by Gasteiger charge is -2.28. The molecule has 266 valence electrons. The third kappa shape index (κ3) is 7.40. The summed E-state index contributed by atoms with van der Waals surface area (Å²) in [6.45, 7) is 0. The second kappa shape index (κ2) is 16.3. The summed E-state index contributed by atoms with van der Waals surface area (Å²) in [6, 6.07) is 59.6. The molecule has 6 nitrogen and oxygen atoms in total. The van der Waals surface area contributed by atoms with Crippen LogP contribution in [-0.4, -0.2) is 14.2 Å². The van der Waals surface area contributed by atoms with Crippen LogP contribution >= 0.6 is 16.8 Å². The Morgan fingerprint density at radius 2 is 0.611 bits per heavy atom. The van der Waals surface area contributed by atoms with Gasteiger partial charge in [0.2, 0.25) is 0 Å². The molecule has 0 saturated carbocycles. The molecular formula is C46H36O6P2. The van der Waals surface area contributed by atoms with Crippen LogP contribution in [0.25, 0.3) is 32.7 Å². The first-order chi connectivity index (χ1) is 26.7. The summed E-state index contributed by atoms with van der Waals surface area (Å²) in [6.07, 6.45) is 0. The van der Waals surface area contributed by atoms with E-state index in [1.807, 2.05) is 146 Å². The van der Waals surface area contributed by atoms with E-state index in [1.54, 1.807) is 14.2 Å². The topological polar surface area (TPSA) is 55.4 Å². The molecule has 0 spiro atoms. The molecule has 0 bridgehead atoms. The molecule has 8 aromatic carbocycles. The molecule has 0 aliphatic rings. The molecule has 0 aromatic heterocycles. The number of para-hydroxylation sites is 4. The number of methoxy groups -OCH3 is 2. The van der Waals surface area contributed by atoms with Crippen LogP contribution in [0.4, 0.5) is 0 Å². The van der Waals surface area contributed by atoms with Gasteiger partial charge in [-0.3, -0.25) is 0 Å². The largest absolute Gasteiger partial charge is 0.496 e. The smallest absolute Gasteiger partial charge is 0.330 e. The van der Waals surface area contributed by atoms with Crippen molar-refractivity contribution in [2.24, 2.45) is 0 Å². The van der Waals surface area contributed by atoms with Crippen molar-refractivity contribution in [1.29, 1.82) is 0 Å². The van der Waals surface area contributed by atoms with Crippen LogP contribution in [-0.2, 0) is 0 Å². The number of hydrogen-bond donors (Lipinski definition) is 0. The van der Waals surface area contributed by atoms with Crippen molar-refractivity contribution in [1.82, 2.24) is 0 Å². The average Bonchev–Trinajstić information content (AvgIpc) is 3.23. The van der Waals surface area contributed by atoms with Crippen LogP contribution in [0.2, 0.25) is 0 Å². The van der Waals surface area contributed by atoms with Crippen molar-refractivity contribution in [2.75, 3.05) is 14.2 Å². The molecular weight excluding hydrogens is 710 g/mol. The Bertz CT molecular complexity index is 2220. The fourth-order valence-corrected chi connectivity index (χ4v) is 9.52. The lowest BCUT2D eigenvalue weighted by molar-refractivity contribution is 0.416. The van der Waals surface area contributed by atoms with E-state index < -0.39 is 16.8 Å². The predicted molar refractivity (Wildman–Crippen MR) is 221 cm³/mol. The Morgan fingerprint density at radius 1 is 0.333 bits per heavy atom. The summed E-state index contributed by atoms with van der Waals surface area (Å²) in [7, 11) is -0.410. The molecule has 0 atom stereocenters. The number of hydrogen-bond acceptors (Lipinski definition) is 6. The van der Waals surface area contributed by atoms with E-state index in [-0.39, 0.29) is 0 Å². The molecule has 0 fully saturated rings. The zero-order chi connectivity index (χ0) is 36.7. The highest BCUT2D eigenvalue weighted by Crippen LogP contribution is 2.52. The minimum atomic E-state index is -1.89. The first-order valence-corrected chi connectivity index (χ1v) is 19.8. The predicted octanol–water partition coefficient (Wildman–Crippen LogP) is 11.9. The molecule has 54 heavy (non-hydrogen) atoms. The fraction of sp³-hybridized carbons (Fsp3) is 0.0435. The molecule has 8 heteroatoms. The van der Waals surface area contributed by atoms with Crippen LogP contribution in [0.1, 0.15) is 0 Å². The van der Waals surface area contributed by atoms with Gasteiger partial charge in [-0.2, -0.15) is 0 Å². The monoisotopic (exact) mass is 746 g/mol. The van der Waals surface area contributed by atoms with Crippen molar-refractivity contribution in [2.45, 2.75) is 0 Å². The van der Waals surface area contributed by atoms with Gasteiger partial charge in [0, 0.05) is 11.1 Å². The van der Waals surface area contributed by atoms with Gasteiger partial charge in [-0.15, -0.1) is 0 Å². The van der Waals surface area contributed by atoms with Gasteiger partial charge in [-0.05, 0) is 82.2 Å². The van der Waals surface area contributed by atoms with Crippen LogP contribution < -0.4 is 38.2 Å². The van der Waals surface area contributed by atoms with Gasteiger partial charge < -0.3 is 27.6 Å². The van der Waals surface area contributed by atoms with E-state index in [4.69, 9.17) is 27.6 Å². The third-order valence-electron chi connectivity index (χ3n) is 8.75. The Balaban J connectivity index is 1.48. The second-order valence-corrected chi connectivity index (χ2v) is 14.8. The van der Waals surface area contributed by atoms with Gasteiger partial charge in [0.15, 0.2) is 0 Å². The van der Waals surface area contributed by atoms with Crippen molar-refractivity contribution >= 4 is 48.9 Å². The highest BCUT2D eigenvalue weighted by Gasteiger charge is 2.36. The molecule has 0 aliphatic heterocycles. The lowest BCUT2D eigenvalue weighted by Crippen LogP contribution is -2.22. The number of ether oxygens (including phenoxy) is 2. The summed E-state index contributed by atoms with van der Waals surface area (Å²) < 4.78 is 40.2. The van der Waals surface area contributed by atoms with E-state index in [0.717, 1.165) is 43.3 Å². The van der Waals surface area contributed by atoms with Crippen molar-refractivity contribution in [3.05, 3.63) is 182 Å². The fourth-order valence-electron chi connectivity index (χ4n) is 6.33. The Kier molecular flexibility index (Phi) is 10.6.